The summed E-state index contributed by atoms with van der Waals surface area (Å²) < 4.78 is 7.54. The Morgan fingerprint density at radius 3 is 3.21 bits per heavy atom. The molecule has 0 saturated carbocycles. The first kappa shape index (κ1) is 12.6. The van der Waals surface area contributed by atoms with Gasteiger partial charge in [-0.3, -0.25) is 4.40 Å². The first-order chi connectivity index (χ1) is 9.34. The van der Waals surface area contributed by atoms with Gasteiger partial charge in [0.05, 0.1) is 6.04 Å². The Hall–Kier alpha value is -1.46. The molecule has 3 rings (SSSR count). The molecule has 19 heavy (non-hydrogen) atoms. The van der Waals surface area contributed by atoms with Crippen LogP contribution in [-0.2, 0) is 4.74 Å². The van der Waals surface area contributed by atoms with Crippen LogP contribution in [0.15, 0.2) is 24.4 Å². The van der Waals surface area contributed by atoms with E-state index in [4.69, 9.17) is 4.74 Å². The zero-order valence-electron chi connectivity index (χ0n) is 11.2. The summed E-state index contributed by atoms with van der Waals surface area (Å²) in [4.78, 5) is 0. The number of hydrogen-bond donors (Lipinski definition) is 1. The van der Waals surface area contributed by atoms with E-state index in [1.165, 1.54) is 6.42 Å². The molecular weight excluding hydrogens is 240 g/mol. The highest BCUT2D eigenvalue weighted by Gasteiger charge is 2.18. The normalized spacial score (nSPS) is 22.3. The second-order valence-electron chi connectivity index (χ2n) is 5.12. The van der Waals surface area contributed by atoms with Crippen LogP contribution in [0.4, 0.5) is 0 Å². The molecule has 0 radical (unpaired) electrons. The van der Waals surface area contributed by atoms with E-state index >= 15 is 0 Å². The number of nitrogens with zero attached hydrogens (tertiary/aromatic N) is 3. The Morgan fingerprint density at radius 2 is 2.26 bits per heavy atom. The molecule has 1 N–H and O–H groups in total. The molecule has 1 aliphatic rings. The topological polar surface area (TPSA) is 51.5 Å². The van der Waals surface area contributed by atoms with Crippen LogP contribution < -0.4 is 5.32 Å². The van der Waals surface area contributed by atoms with Crippen molar-refractivity contribution in [2.45, 2.75) is 38.3 Å². The first-order valence-electron chi connectivity index (χ1n) is 6.98. The van der Waals surface area contributed by atoms with Crippen molar-refractivity contribution in [2.75, 3.05) is 13.2 Å². The predicted molar refractivity (Wildman–Crippen MR) is 73.0 cm³/mol. The highest BCUT2D eigenvalue weighted by Crippen LogP contribution is 2.16. The lowest BCUT2D eigenvalue weighted by Crippen LogP contribution is -2.32. The molecule has 0 aliphatic carbocycles. The van der Waals surface area contributed by atoms with Crippen molar-refractivity contribution in [3.63, 3.8) is 0 Å². The van der Waals surface area contributed by atoms with E-state index < -0.39 is 0 Å². The summed E-state index contributed by atoms with van der Waals surface area (Å²) >= 11 is 0. The van der Waals surface area contributed by atoms with E-state index in [9.17, 15) is 0 Å². The van der Waals surface area contributed by atoms with E-state index in [1.54, 1.807) is 0 Å². The van der Waals surface area contributed by atoms with Gasteiger partial charge in [-0.05, 0) is 38.3 Å². The Morgan fingerprint density at radius 1 is 1.32 bits per heavy atom. The molecule has 1 saturated heterocycles. The number of nitrogens with one attached hydrogen (secondary N) is 1. The summed E-state index contributed by atoms with van der Waals surface area (Å²) in [5.41, 5.74) is 0.898. The van der Waals surface area contributed by atoms with Gasteiger partial charge in [-0.2, -0.15) is 0 Å². The molecule has 5 nitrogen and oxygen atoms in total. The van der Waals surface area contributed by atoms with Crippen LogP contribution in [-0.4, -0.2) is 33.9 Å². The maximum absolute atomic E-state index is 5.49. The van der Waals surface area contributed by atoms with Crippen molar-refractivity contribution in [1.82, 2.24) is 19.9 Å². The van der Waals surface area contributed by atoms with E-state index in [-0.39, 0.29) is 6.04 Å². The van der Waals surface area contributed by atoms with E-state index in [2.05, 4.69) is 22.4 Å². The molecular formula is C14H20N4O. The van der Waals surface area contributed by atoms with E-state index in [1.807, 2.05) is 28.8 Å². The smallest absolute Gasteiger partial charge is 0.160 e. The molecule has 1 fully saturated rings. The van der Waals surface area contributed by atoms with Gasteiger partial charge in [0.25, 0.3) is 0 Å². The first-order valence-corrected chi connectivity index (χ1v) is 6.98. The molecule has 2 atom stereocenters. The summed E-state index contributed by atoms with van der Waals surface area (Å²) in [5, 5.41) is 12.2. The highest BCUT2D eigenvalue weighted by atomic mass is 16.5. The fourth-order valence-corrected chi connectivity index (χ4v) is 2.65. The zero-order valence-corrected chi connectivity index (χ0v) is 11.2. The van der Waals surface area contributed by atoms with Gasteiger partial charge in [0, 0.05) is 25.5 Å². The van der Waals surface area contributed by atoms with Gasteiger partial charge in [-0.1, -0.05) is 6.07 Å². The zero-order chi connectivity index (χ0) is 13.1. The molecule has 2 aromatic rings. The summed E-state index contributed by atoms with van der Waals surface area (Å²) in [5.74, 6) is 0.973. The Balaban J connectivity index is 1.74. The molecule has 0 bridgehead atoms. The second kappa shape index (κ2) is 5.67. The lowest BCUT2D eigenvalue weighted by Gasteiger charge is -2.20. The van der Waals surface area contributed by atoms with Gasteiger partial charge in [0.15, 0.2) is 11.5 Å². The standard InChI is InChI=1S/C14H20N4O/c1-11(15-12-5-4-9-19-10-7-12)14-17-16-13-6-2-3-8-18(13)14/h2-3,6,8,11-12,15H,4-5,7,9-10H2,1H3. The van der Waals surface area contributed by atoms with Crippen molar-refractivity contribution >= 4 is 5.65 Å². The van der Waals surface area contributed by atoms with Gasteiger partial charge in [-0.15, -0.1) is 10.2 Å². The molecule has 0 spiro atoms. The van der Waals surface area contributed by atoms with Crippen LogP contribution in [0.1, 0.15) is 38.1 Å². The van der Waals surface area contributed by atoms with Gasteiger partial charge < -0.3 is 10.1 Å². The number of rotatable bonds is 3. The number of aromatic nitrogens is 3. The van der Waals surface area contributed by atoms with E-state index in [0.717, 1.165) is 37.5 Å². The minimum Gasteiger partial charge on any atom is -0.381 e. The third-order valence-electron chi connectivity index (χ3n) is 3.67. The summed E-state index contributed by atoms with van der Waals surface area (Å²) in [7, 11) is 0. The maximum atomic E-state index is 5.49. The van der Waals surface area contributed by atoms with Crippen molar-refractivity contribution in [1.29, 1.82) is 0 Å². The van der Waals surface area contributed by atoms with Crippen LogP contribution in [0.3, 0.4) is 0 Å². The lowest BCUT2D eigenvalue weighted by atomic mass is 10.1. The molecule has 5 heteroatoms. The minimum absolute atomic E-state index is 0.195. The third-order valence-corrected chi connectivity index (χ3v) is 3.67. The van der Waals surface area contributed by atoms with Crippen LogP contribution in [0.2, 0.25) is 0 Å². The molecule has 2 unspecified atom stereocenters. The molecule has 102 valence electrons. The molecule has 1 aliphatic heterocycles. The number of hydrogen-bond acceptors (Lipinski definition) is 4. The van der Waals surface area contributed by atoms with Crippen molar-refractivity contribution in [3.05, 3.63) is 30.2 Å². The summed E-state index contributed by atoms with van der Waals surface area (Å²) in [6.07, 6.45) is 5.38. The van der Waals surface area contributed by atoms with E-state index in [0.29, 0.717) is 6.04 Å². The average Bonchev–Trinajstić information content (AvgIpc) is 2.70. The predicted octanol–water partition coefficient (Wildman–Crippen LogP) is 1.95. The quantitative estimate of drug-likeness (QED) is 0.916. The van der Waals surface area contributed by atoms with Gasteiger partial charge in [0.1, 0.15) is 0 Å². The Bertz CT molecular complexity index is 531. The van der Waals surface area contributed by atoms with Crippen molar-refractivity contribution in [2.24, 2.45) is 0 Å². The SMILES string of the molecule is CC(NC1CCCOCC1)c1nnc2ccccn12. The Kier molecular flexibility index (Phi) is 3.75. The van der Waals surface area contributed by atoms with Crippen LogP contribution in [0, 0.1) is 0 Å². The Labute approximate surface area is 113 Å². The van der Waals surface area contributed by atoms with Gasteiger partial charge in [0.2, 0.25) is 0 Å². The van der Waals surface area contributed by atoms with Crippen molar-refractivity contribution < 1.29 is 4.74 Å². The molecule has 2 aromatic heterocycles. The number of fused-ring (bicyclic) bond motifs is 1. The molecule has 3 heterocycles. The van der Waals surface area contributed by atoms with Crippen LogP contribution in [0.5, 0.6) is 0 Å². The average molecular weight is 260 g/mol. The fraction of sp³-hybridized carbons (Fsp3) is 0.571. The number of ether oxygens (including phenoxy) is 1. The lowest BCUT2D eigenvalue weighted by molar-refractivity contribution is 0.142. The second-order valence-corrected chi connectivity index (χ2v) is 5.12. The third kappa shape index (κ3) is 2.77. The van der Waals surface area contributed by atoms with Gasteiger partial charge >= 0.3 is 0 Å². The van der Waals surface area contributed by atoms with Crippen LogP contribution in [0.25, 0.3) is 5.65 Å². The molecule has 0 aromatic carbocycles. The maximum Gasteiger partial charge on any atom is 0.160 e. The fourth-order valence-electron chi connectivity index (χ4n) is 2.65. The molecule has 0 amide bonds. The highest BCUT2D eigenvalue weighted by molar-refractivity contribution is 5.37. The van der Waals surface area contributed by atoms with Crippen molar-refractivity contribution in [3.8, 4) is 0 Å². The monoisotopic (exact) mass is 260 g/mol. The summed E-state index contributed by atoms with van der Waals surface area (Å²) in [6, 6.07) is 6.66. The van der Waals surface area contributed by atoms with Gasteiger partial charge in [-0.25, -0.2) is 0 Å². The van der Waals surface area contributed by atoms with Crippen LogP contribution >= 0.6 is 0 Å². The largest absolute Gasteiger partial charge is 0.381 e. The minimum atomic E-state index is 0.195. The number of pyridine rings is 1. The summed E-state index contributed by atoms with van der Waals surface area (Å²) in [6.45, 7) is 3.89.